The Bertz CT molecular complexity index is 562. The van der Waals surface area contributed by atoms with Crippen molar-refractivity contribution in [3.05, 3.63) is 47.0 Å². The topological polar surface area (TPSA) is 66.4 Å². The van der Waals surface area contributed by atoms with Crippen LogP contribution in [0.5, 0.6) is 0 Å². The van der Waals surface area contributed by atoms with E-state index in [1.54, 1.807) is 12.1 Å². The molecule has 0 heterocycles. The Kier molecular flexibility index (Phi) is 5.33. The van der Waals surface area contributed by atoms with Crippen LogP contribution in [0, 0.1) is 0 Å². The summed E-state index contributed by atoms with van der Waals surface area (Å²) in [5, 5.41) is 11.3. The van der Waals surface area contributed by atoms with E-state index in [-0.39, 0.29) is 0 Å². The van der Waals surface area contributed by atoms with E-state index in [1.807, 2.05) is 26.0 Å². The molecule has 2 N–H and O–H groups in total. The lowest BCUT2D eigenvalue weighted by Gasteiger charge is -2.07. The molecule has 1 amide bonds. The van der Waals surface area contributed by atoms with E-state index in [0.29, 0.717) is 10.7 Å². The summed E-state index contributed by atoms with van der Waals surface area (Å²) in [7, 11) is 0. The standard InChI is InChI=1S/C14H14ClNO3/c1-3-9(2)10-4-5-12(11(15)8-10)16-13(17)6-7-14(18)19/h3-8H,1-2H3,(H,16,17)(H,18,19)/b7-6-,9-3?. The molecule has 0 aliphatic carbocycles. The van der Waals surface area contributed by atoms with Gasteiger partial charge >= 0.3 is 5.97 Å². The molecule has 0 atom stereocenters. The number of carbonyl (C=O) groups excluding carboxylic acids is 1. The number of rotatable bonds is 4. The van der Waals surface area contributed by atoms with Gasteiger partial charge in [-0.2, -0.15) is 0 Å². The number of hydrogen-bond acceptors (Lipinski definition) is 2. The Balaban J connectivity index is 2.86. The molecule has 100 valence electrons. The zero-order valence-corrected chi connectivity index (χ0v) is 11.4. The van der Waals surface area contributed by atoms with E-state index in [0.717, 1.165) is 23.3 Å². The minimum Gasteiger partial charge on any atom is -0.478 e. The van der Waals surface area contributed by atoms with Crippen LogP contribution >= 0.6 is 11.6 Å². The largest absolute Gasteiger partial charge is 0.478 e. The first-order valence-corrected chi connectivity index (χ1v) is 5.96. The first kappa shape index (κ1) is 15.0. The zero-order valence-electron chi connectivity index (χ0n) is 10.6. The lowest BCUT2D eigenvalue weighted by Crippen LogP contribution is -2.09. The molecule has 1 aromatic carbocycles. The number of carboxylic acids is 1. The van der Waals surface area contributed by atoms with Gasteiger partial charge < -0.3 is 10.4 Å². The fourth-order valence-electron chi connectivity index (χ4n) is 1.35. The third-order valence-electron chi connectivity index (χ3n) is 2.49. The van der Waals surface area contributed by atoms with Gasteiger partial charge in [0, 0.05) is 12.2 Å². The van der Waals surface area contributed by atoms with Gasteiger partial charge in [0.15, 0.2) is 0 Å². The van der Waals surface area contributed by atoms with E-state index in [1.165, 1.54) is 0 Å². The summed E-state index contributed by atoms with van der Waals surface area (Å²) in [6, 6.07) is 5.25. The Labute approximate surface area is 116 Å². The number of allylic oxidation sites excluding steroid dienone is 2. The van der Waals surface area contributed by atoms with Crippen LogP contribution in [0.4, 0.5) is 5.69 Å². The molecule has 0 saturated carbocycles. The van der Waals surface area contributed by atoms with Crippen molar-refractivity contribution in [2.75, 3.05) is 5.32 Å². The van der Waals surface area contributed by atoms with Crippen LogP contribution in [0.1, 0.15) is 19.4 Å². The molecule has 19 heavy (non-hydrogen) atoms. The second-order valence-electron chi connectivity index (χ2n) is 3.83. The molecule has 5 heteroatoms. The number of benzene rings is 1. The Morgan fingerprint density at radius 3 is 2.53 bits per heavy atom. The van der Waals surface area contributed by atoms with Gasteiger partial charge in [0.05, 0.1) is 10.7 Å². The smallest absolute Gasteiger partial charge is 0.328 e. The summed E-state index contributed by atoms with van der Waals surface area (Å²) in [6.45, 7) is 3.88. The number of carboxylic acid groups (broad SMARTS) is 1. The Hall–Kier alpha value is -2.07. The summed E-state index contributed by atoms with van der Waals surface area (Å²) in [5.74, 6) is -1.72. The average Bonchev–Trinajstić information content (AvgIpc) is 2.37. The molecule has 0 aliphatic heterocycles. The van der Waals surface area contributed by atoms with Gasteiger partial charge in [-0.15, -0.1) is 0 Å². The van der Waals surface area contributed by atoms with Crippen molar-refractivity contribution in [2.24, 2.45) is 0 Å². The third kappa shape index (κ3) is 4.60. The van der Waals surface area contributed by atoms with Crippen molar-refractivity contribution in [1.29, 1.82) is 0 Å². The van der Waals surface area contributed by atoms with Gasteiger partial charge in [0.1, 0.15) is 0 Å². The van der Waals surface area contributed by atoms with Gasteiger partial charge in [0.2, 0.25) is 5.91 Å². The van der Waals surface area contributed by atoms with Crippen LogP contribution in [-0.2, 0) is 9.59 Å². The van der Waals surface area contributed by atoms with Crippen molar-refractivity contribution >= 4 is 34.7 Å². The summed E-state index contributed by atoms with van der Waals surface area (Å²) in [4.78, 5) is 21.7. The van der Waals surface area contributed by atoms with Gasteiger partial charge in [-0.3, -0.25) is 4.79 Å². The van der Waals surface area contributed by atoms with E-state index < -0.39 is 11.9 Å². The van der Waals surface area contributed by atoms with Crippen LogP contribution in [0.25, 0.3) is 5.57 Å². The van der Waals surface area contributed by atoms with Gasteiger partial charge in [-0.1, -0.05) is 23.7 Å². The van der Waals surface area contributed by atoms with Crippen molar-refractivity contribution < 1.29 is 14.7 Å². The van der Waals surface area contributed by atoms with E-state index in [4.69, 9.17) is 16.7 Å². The van der Waals surface area contributed by atoms with Gasteiger partial charge in [0.25, 0.3) is 0 Å². The summed E-state index contributed by atoms with van der Waals surface area (Å²) in [5.41, 5.74) is 2.48. The number of carbonyl (C=O) groups is 2. The molecule has 0 bridgehead atoms. The molecule has 0 aliphatic rings. The third-order valence-corrected chi connectivity index (χ3v) is 2.81. The van der Waals surface area contributed by atoms with Gasteiger partial charge in [-0.05, 0) is 37.1 Å². The monoisotopic (exact) mass is 279 g/mol. The fraction of sp³-hybridized carbons (Fsp3) is 0.143. The van der Waals surface area contributed by atoms with Crippen LogP contribution in [-0.4, -0.2) is 17.0 Å². The minimum absolute atomic E-state index is 0.399. The van der Waals surface area contributed by atoms with E-state index in [9.17, 15) is 9.59 Å². The predicted molar refractivity (Wildman–Crippen MR) is 76.2 cm³/mol. The zero-order chi connectivity index (χ0) is 14.4. The molecule has 0 radical (unpaired) electrons. The van der Waals surface area contributed by atoms with Crippen molar-refractivity contribution in [3.8, 4) is 0 Å². The minimum atomic E-state index is -1.18. The number of hydrogen-bond donors (Lipinski definition) is 2. The molecule has 0 unspecified atom stereocenters. The van der Waals surface area contributed by atoms with Crippen LogP contribution < -0.4 is 5.32 Å². The maximum absolute atomic E-state index is 11.4. The second kappa shape index (κ2) is 6.75. The first-order chi connectivity index (χ1) is 8.93. The highest BCUT2D eigenvalue weighted by molar-refractivity contribution is 6.34. The molecular formula is C14H14ClNO3. The SMILES string of the molecule is CC=C(C)c1ccc(NC(=O)/C=C\C(=O)O)c(Cl)c1. The van der Waals surface area contributed by atoms with Gasteiger partial charge in [-0.25, -0.2) is 4.79 Å². The number of nitrogens with one attached hydrogen (secondary N) is 1. The molecule has 0 saturated heterocycles. The normalized spacial score (nSPS) is 11.6. The van der Waals surface area contributed by atoms with Crippen LogP contribution in [0.15, 0.2) is 36.4 Å². The molecular weight excluding hydrogens is 266 g/mol. The highest BCUT2D eigenvalue weighted by atomic mass is 35.5. The average molecular weight is 280 g/mol. The number of anilines is 1. The first-order valence-electron chi connectivity index (χ1n) is 5.59. The second-order valence-corrected chi connectivity index (χ2v) is 4.23. The Morgan fingerprint density at radius 2 is 2.00 bits per heavy atom. The molecule has 1 aromatic rings. The molecule has 0 fully saturated rings. The maximum atomic E-state index is 11.4. The number of aliphatic carboxylic acids is 1. The highest BCUT2D eigenvalue weighted by Gasteiger charge is 2.05. The molecule has 4 nitrogen and oxygen atoms in total. The predicted octanol–water partition coefficient (Wildman–Crippen LogP) is 3.34. The maximum Gasteiger partial charge on any atom is 0.328 e. The molecule has 0 aromatic heterocycles. The molecule has 0 spiro atoms. The van der Waals surface area contributed by atoms with E-state index >= 15 is 0 Å². The quantitative estimate of drug-likeness (QED) is 0.831. The highest BCUT2D eigenvalue weighted by Crippen LogP contribution is 2.26. The van der Waals surface area contributed by atoms with Crippen molar-refractivity contribution in [1.82, 2.24) is 0 Å². The van der Waals surface area contributed by atoms with Crippen molar-refractivity contribution in [3.63, 3.8) is 0 Å². The van der Waals surface area contributed by atoms with Crippen LogP contribution in [0.3, 0.4) is 0 Å². The fourth-order valence-corrected chi connectivity index (χ4v) is 1.58. The number of halogens is 1. The molecule has 1 rings (SSSR count). The Morgan fingerprint density at radius 1 is 1.32 bits per heavy atom. The summed E-state index contributed by atoms with van der Waals surface area (Å²) in [6.07, 6.45) is 3.66. The lowest BCUT2D eigenvalue weighted by atomic mass is 10.1. The summed E-state index contributed by atoms with van der Waals surface area (Å²) < 4.78 is 0. The van der Waals surface area contributed by atoms with Crippen LogP contribution in [0.2, 0.25) is 5.02 Å². The number of amides is 1. The van der Waals surface area contributed by atoms with E-state index in [2.05, 4.69) is 5.32 Å². The summed E-state index contributed by atoms with van der Waals surface area (Å²) >= 11 is 6.05. The lowest BCUT2D eigenvalue weighted by molar-refractivity contribution is -0.131. The van der Waals surface area contributed by atoms with Crippen molar-refractivity contribution in [2.45, 2.75) is 13.8 Å².